The molecular formula is C10H8Br2. The number of benzene rings is 1. The third kappa shape index (κ3) is 2.66. The molecule has 62 valence electrons. The first kappa shape index (κ1) is 9.83. The molecule has 0 saturated carbocycles. The quantitative estimate of drug-likeness (QED) is 0.506. The van der Waals surface area contributed by atoms with Crippen molar-refractivity contribution in [1.29, 1.82) is 0 Å². The van der Waals surface area contributed by atoms with E-state index in [1.54, 1.807) is 0 Å². The average molecular weight is 288 g/mol. The molecule has 0 nitrogen and oxygen atoms in total. The molecule has 0 heterocycles. The van der Waals surface area contributed by atoms with Crippen LogP contribution in [-0.2, 0) is 0 Å². The summed E-state index contributed by atoms with van der Waals surface area (Å²) in [5, 5.41) is 0.716. The summed E-state index contributed by atoms with van der Waals surface area (Å²) in [6.07, 6.45) is 0. The van der Waals surface area contributed by atoms with Crippen molar-refractivity contribution in [2.24, 2.45) is 0 Å². The van der Waals surface area contributed by atoms with E-state index in [-0.39, 0.29) is 0 Å². The Kier molecular flexibility index (Phi) is 3.84. The van der Waals surface area contributed by atoms with Crippen LogP contribution in [0.25, 0.3) is 0 Å². The fourth-order valence-electron chi connectivity index (χ4n) is 0.850. The highest BCUT2D eigenvalue weighted by Gasteiger charge is 1.94. The molecule has 0 aromatic heterocycles. The summed E-state index contributed by atoms with van der Waals surface area (Å²) in [6, 6.07) is 6.15. The van der Waals surface area contributed by atoms with Gasteiger partial charge in [-0.2, -0.15) is 0 Å². The van der Waals surface area contributed by atoms with Crippen LogP contribution in [-0.4, -0.2) is 5.33 Å². The minimum atomic E-state index is 0.716. The molecule has 0 fully saturated rings. The van der Waals surface area contributed by atoms with Gasteiger partial charge >= 0.3 is 0 Å². The summed E-state index contributed by atoms with van der Waals surface area (Å²) < 4.78 is 1.07. The minimum absolute atomic E-state index is 0.716. The summed E-state index contributed by atoms with van der Waals surface area (Å²) in [5.41, 5.74) is 2.28. The smallest absolute Gasteiger partial charge is 0.0649 e. The molecule has 0 saturated heterocycles. The molecular weight excluding hydrogens is 280 g/mol. The van der Waals surface area contributed by atoms with Gasteiger partial charge in [0.25, 0.3) is 0 Å². The van der Waals surface area contributed by atoms with Gasteiger partial charge in [0.2, 0.25) is 0 Å². The van der Waals surface area contributed by atoms with Crippen molar-refractivity contribution in [3.8, 4) is 11.8 Å². The molecule has 12 heavy (non-hydrogen) atoms. The summed E-state index contributed by atoms with van der Waals surface area (Å²) >= 11 is 6.72. The minimum Gasteiger partial charge on any atom is -0.0863 e. The zero-order chi connectivity index (χ0) is 8.97. The van der Waals surface area contributed by atoms with Gasteiger partial charge in [0.05, 0.1) is 5.33 Å². The van der Waals surface area contributed by atoms with Gasteiger partial charge in [-0.1, -0.05) is 33.8 Å². The summed E-state index contributed by atoms with van der Waals surface area (Å²) in [4.78, 5) is 0. The highest BCUT2D eigenvalue weighted by Crippen LogP contribution is 2.16. The number of hydrogen-bond donors (Lipinski definition) is 0. The van der Waals surface area contributed by atoms with Gasteiger partial charge < -0.3 is 0 Å². The van der Waals surface area contributed by atoms with Crippen LogP contribution in [0.5, 0.6) is 0 Å². The van der Waals surface area contributed by atoms with Gasteiger partial charge in [0.15, 0.2) is 0 Å². The third-order valence-electron chi connectivity index (χ3n) is 1.41. The predicted octanol–water partition coefficient (Wildman–Crippen LogP) is 3.50. The van der Waals surface area contributed by atoms with E-state index in [0.29, 0.717) is 5.33 Å². The molecule has 0 aliphatic heterocycles. The van der Waals surface area contributed by atoms with Gasteiger partial charge in [-0.25, -0.2) is 0 Å². The number of alkyl halides is 1. The molecule has 1 rings (SSSR count). The Morgan fingerprint density at radius 2 is 2.17 bits per heavy atom. The fourth-order valence-corrected chi connectivity index (χ4v) is 1.58. The number of rotatable bonds is 0. The number of aryl methyl sites for hydroxylation is 1. The monoisotopic (exact) mass is 286 g/mol. The Morgan fingerprint density at radius 1 is 1.42 bits per heavy atom. The van der Waals surface area contributed by atoms with Crippen LogP contribution >= 0.6 is 31.9 Å². The lowest BCUT2D eigenvalue weighted by Crippen LogP contribution is -1.79. The third-order valence-corrected chi connectivity index (χ3v) is 2.35. The van der Waals surface area contributed by atoms with E-state index in [0.717, 1.165) is 10.0 Å². The maximum absolute atomic E-state index is 3.46. The van der Waals surface area contributed by atoms with Crippen molar-refractivity contribution in [1.82, 2.24) is 0 Å². The van der Waals surface area contributed by atoms with Gasteiger partial charge in [0.1, 0.15) is 0 Å². The zero-order valence-electron chi connectivity index (χ0n) is 6.70. The highest BCUT2D eigenvalue weighted by molar-refractivity contribution is 9.10. The van der Waals surface area contributed by atoms with Crippen LogP contribution < -0.4 is 0 Å². The van der Waals surface area contributed by atoms with Gasteiger partial charge in [-0.15, -0.1) is 0 Å². The molecule has 0 amide bonds. The number of hydrogen-bond acceptors (Lipinski definition) is 0. The predicted molar refractivity (Wildman–Crippen MR) is 59.6 cm³/mol. The zero-order valence-corrected chi connectivity index (χ0v) is 9.87. The first-order valence-corrected chi connectivity index (χ1v) is 5.46. The molecule has 0 unspecified atom stereocenters. The molecule has 1 aromatic carbocycles. The first-order valence-electron chi connectivity index (χ1n) is 3.55. The van der Waals surface area contributed by atoms with Crippen molar-refractivity contribution in [3.63, 3.8) is 0 Å². The second-order valence-corrected chi connectivity index (χ2v) is 3.83. The second kappa shape index (κ2) is 4.69. The van der Waals surface area contributed by atoms with Crippen molar-refractivity contribution >= 4 is 31.9 Å². The molecule has 0 atom stereocenters. The molecule has 0 N–H and O–H groups in total. The molecule has 0 aliphatic rings. The molecule has 0 aliphatic carbocycles. The SMILES string of the molecule is Cc1ccc(C#CCBr)c(Br)c1. The summed E-state index contributed by atoms with van der Waals surface area (Å²) in [5.74, 6) is 6.01. The van der Waals surface area contributed by atoms with E-state index in [4.69, 9.17) is 0 Å². The largest absolute Gasteiger partial charge is 0.0863 e. The van der Waals surface area contributed by atoms with Crippen LogP contribution in [0.15, 0.2) is 22.7 Å². The molecule has 0 bridgehead atoms. The Morgan fingerprint density at radius 3 is 2.75 bits per heavy atom. The van der Waals surface area contributed by atoms with Crippen LogP contribution in [0.4, 0.5) is 0 Å². The topological polar surface area (TPSA) is 0 Å². The normalized spacial score (nSPS) is 8.92. The Bertz CT molecular complexity index is 331. The Hall–Kier alpha value is -0.260. The van der Waals surface area contributed by atoms with E-state index >= 15 is 0 Å². The maximum Gasteiger partial charge on any atom is 0.0649 e. The van der Waals surface area contributed by atoms with Crippen molar-refractivity contribution in [2.45, 2.75) is 6.92 Å². The maximum atomic E-state index is 3.46. The van der Waals surface area contributed by atoms with Crippen molar-refractivity contribution < 1.29 is 0 Å². The van der Waals surface area contributed by atoms with Crippen LogP contribution in [0.1, 0.15) is 11.1 Å². The average Bonchev–Trinajstić information content (AvgIpc) is 2.03. The van der Waals surface area contributed by atoms with Gasteiger partial charge in [-0.05, 0) is 40.5 Å². The van der Waals surface area contributed by atoms with E-state index in [1.165, 1.54) is 5.56 Å². The lowest BCUT2D eigenvalue weighted by atomic mass is 10.2. The molecule has 1 aromatic rings. The lowest BCUT2D eigenvalue weighted by Gasteiger charge is -1.96. The highest BCUT2D eigenvalue weighted by atomic mass is 79.9. The van der Waals surface area contributed by atoms with Gasteiger partial charge in [0, 0.05) is 10.0 Å². The van der Waals surface area contributed by atoms with Crippen molar-refractivity contribution in [3.05, 3.63) is 33.8 Å². The summed E-state index contributed by atoms with van der Waals surface area (Å²) in [7, 11) is 0. The van der Waals surface area contributed by atoms with Crippen LogP contribution in [0.2, 0.25) is 0 Å². The second-order valence-electron chi connectivity index (χ2n) is 2.42. The standard InChI is InChI=1S/C10H8Br2/c1-8-4-5-9(3-2-6-11)10(12)7-8/h4-5,7H,6H2,1H3. The Labute approximate surface area is 89.6 Å². The van der Waals surface area contributed by atoms with Crippen LogP contribution in [0.3, 0.4) is 0 Å². The Balaban J connectivity index is 3.01. The number of halogens is 2. The van der Waals surface area contributed by atoms with Crippen LogP contribution in [0, 0.1) is 18.8 Å². The van der Waals surface area contributed by atoms with E-state index in [1.807, 2.05) is 6.07 Å². The molecule has 0 radical (unpaired) electrons. The van der Waals surface area contributed by atoms with E-state index in [2.05, 4.69) is 62.8 Å². The molecule has 0 spiro atoms. The molecule has 2 heteroatoms. The first-order chi connectivity index (χ1) is 5.74. The van der Waals surface area contributed by atoms with Gasteiger partial charge in [-0.3, -0.25) is 0 Å². The van der Waals surface area contributed by atoms with E-state index < -0.39 is 0 Å². The van der Waals surface area contributed by atoms with E-state index in [9.17, 15) is 0 Å². The fraction of sp³-hybridized carbons (Fsp3) is 0.200. The van der Waals surface area contributed by atoms with Crippen molar-refractivity contribution in [2.75, 3.05) is 5.33 Å². The lowest BCUT2D eigenvalue weighted by molar-refractivity contribution is 1.43. The summed E-state index contributed by atoms with van der Waals surface area (Å²) in [6.45, 7) is 2.06.